The number of hydrogen-bond acceptors (Lipinski definition) is 4. The van der Waals surface area contributed by atoms with Gasteiger partial charge in [-0.2, -0.15) is 4.73 Å². The summed E-state index contributed by atoms with van der Waals surface area (Å²) in [4.78, 5) is 17.2. The van der Waals surface area contributed by atoms with Crippen LogP contribution >= 0.6 is 0 Å². The molecule has 0 fully saturated rings. The molecule has 3 aromatic rings. The zero-order valence-electron chi connectivity index (χ0n) is 18.8. The maximum absolute atomic E-state index is 12.7. The van der Waals surface area contributed by atoms with Gasteiger partial charge < -0.3 is 16.3 Å². The summed E-state index contributed by atoms with van der Waals surface area (Å²) in [6.07, 6.45) is 3.80. The topological polar surface area (TPSA) is 116 Å². The van der Waals surface area contributed by atoms with Crippen molar-refractivity contribution in [2.45, 2.75) is 32.9 Å². The average Bonchev–Trinajstić information content (AvgIpc) is 2.80. The Morgan fingerprint density at radius 1 is 1.09 bits per heavy atom. The van der Waals surface area contributed by atoms with E-state index in [-0.39, 0.29) is 24.2 Å². The van der Waals surface area contributed by atoms with Crippen molar-refractivity contribution in [3.8, 4) is 0 Å². The molecular weight excluding hydrogens is 414 g/mol. The van der Waals surface area contributed by atoms with Gasteiger partial charge in [-0.05, 0) is 42.7 Å². The Kier molecular flexibility index (Phi) is 7.81. The Morgan fingerprint density at radius 3 is 2.42 bits per heavy atom. The molecule has 7 nitrogen and oxygen atoms in total. The van der Waals surface area contributed by atoms with Crippen molar-refractivity contribution in [1.82, 2.24) is 10.0 Å². The van der Waals surface area contributed by atoms with E-state index in [0.29, 0.717) is 23.3 Å². The van der Waals surface area contributed by atoms with Crippen molar-refractivity contribution in [1.29, 1.82) is 5.41 Å². The standard InChI is InChI=1S/C26H29N5O2/c1-18(2)30-24-15-14-21(11-8-19-6-4-3-5-7-19)23(31(24)33)16-25(32)29-17-20-9-12-22(13-10-20)26(27)28/h3-15,18,33H,16-17H2,1-2H3,(H3,27,28)(H,29,32). The lowest BCUT2D eigenvalue weighted by Gasteiger charge is -2.13. The number of pyridine rings is 1. The van der Waals surface area contributed by atoms with Crippen LogP contribution in [0.15, 0.2) is 71.7 Å². The maximum atomic E-state index is 12.7. The smallest absolute Gasteiger partial charge is 0.226 e. The molecule has 0 saturated heterocycles. The van der Waals surface area contributed by atoms with Gasteiger partial charge in [0.25, 0.3) is 0 Å². The number of amidine groups is 1. The maximum Gasteiger partial charge on any atom is 0.226 e. The van der Waals surface area contributed by atoms with E-state index >= 15 is 0 Å². The molecule has 0 bridgehead atoms. The lowest BCUT2D eigenvalue weighted by molar-refractivity contribution is -0.120. The van der Waals surface area contributed by atoms with E-state index < -0.39 is 0 Å². The van der Waals surface area contributed by atoms with Gasteiger partial charge in [0.1, 0.15) is 5.84 Å². The minimum atomic E-state index is -0.232. The van der Waals surface area contributed by atoms with E-state index in [4.69, 9.17) is 11.1 Å². The summed E-state index contributed by atoms with van der Waals surface area (Å²) < 4.78 is 0.992. The number of rotatable bonds is 8. The molecule has 0 spiro atoms. The SMILES string of the molecule is CC(C)N=c1ccc(C=Cc2ccccc2)c(CC(=O)NCc2ccc(C(=N)N)cc2)n1O. The fraction of sp³-hybridized carbons (Fsp3) is 0.192. The first-order valence-electron chi connectivity index (χ1n) is 10.7. The predicted molar refractivity (Wildman–Crippen MR) is 131 cm³/mol. The molecule has 2 aromatic carbocycles. The molecular formula is C26H29N5O2. The highest BCUT2D eigenvalue weighted by Crippen LogP contribution is 2.13. The molecule has 0 atom stereocenters. The third-order valence-electron chi connectivity index (χ3n) is 4.95. The second-order valence-electron chi connectivity index (χ2n) is 7.94. The molecule has 5 N–H and O–H groups in total. The molecule has 3 rings (SSSR count). The van der Waals surface area contributed by atoms with Gasteiger partial charge in [-0.1, -0.05) is 66.7 Å². The molecule has 1 heterocycles. The number of aromatic nitrogens is 1. The van der Waals surface area contributed by atoms with E-state index in [1.807, 2.05) is 74.5 Å². The molecule has 0 saturated carbocycles. The quantitative estimate of drug-likeness (QED) is 0.243. The third-order valence-corrected chi connectivity index (χ3v) is 4.95. The highest BCUT2D eigenvalue weighted by Gasteiger charge is 2.13. The van der Waals surface area contributed by atoms with Gasteiger partial charge >= 0.3 is 0 Å². The van der Waals surface area contributed by atoms with Gasteiger partial charge in [-0.3, -0.25) is 15.2 Å². The van der Waals surface area contributed by atoms with E-state index in [0.717, 1.165) is 21.4 Å². The highest BCUT2D eigenvalue weighted by atomic mass is 16.5. The molecule has 1 aromatic heterocycles. The Hall–Kier alpha value is -4.13. The predicted octanol–water partition coefficient (Wildman–Crippen LogP) is 3.35. The van der Waals surface area contributed by atoms with E-state index in [9.17, 15) is 10.0 Å². The molecule has 0 aliphatic heterocycles. The number of benzene rings is 2. The summed E-state index contributed by atoms with van der Waals surface area (Å²) in [5.74, 6) is -0.231. The second kappa shape index (κ2) is 10.9. The van der Waals surface area contributed by atoms with Crippen LogP contribution in [0.2, 0.25) is 0 Å². The number of nitrogens with zero attached hydrogens (tertiary/aromatic N) is 2. The molecule has 1 amide bonds. The highest BCUT2D eigenvalue weighted by molar-refractivity contribution is 5.94. The van der Waals surface area contributed by atoms with Crippen molar-refractivity contribution in [2.75, 3.05) is 0 Å². The van der Waals surface area contributed by atoms with Crippen LogP contribution in [0.1, 0.15) is 41.8 Å². The van der Waals surface area contributed by atoms with E-state index in [1.165, 1.54) is 0 Å². The molecule has 0 unspecified atom stereocenters. The van der Waals surface area contributed by atoms with Crippen LogP contribution in [0.5, 0.6) is 0 Å². The number of nitrogen functional groups attached to an aromatic ring is 1. The zero-order valence-corrected chi connectivity index (χ0v) is 18.8. The van der Waals surface area contributed by atoms with Crippen molar-refractivity contribution in [3.63, 3.8) is 0 Å². The number of carbonyl (C=O) groups excluding carboxylic acids is 1. The largest absolute Gasteiger partial charge is 0.427 e. The van der Waals surface area contributed by atoms with Gasteiger partial charge in [-0.15, -0.1) is 0 Å². The summed E-state index contributed by atoms with van der Waals surface area (Å²) >= 11 is 0. The lowest BCUT2D eigenvalue weighted by atomic mass is 10.1. The Balaban J connectivity index is 1.81. The van der Waals surface area contributed by atoms with Crippen LogP contribution in [0.25, 0.3) is 12.2 Å². The van der Waals surface area contributed by atoms with Gasteiger partial charge in [-0.25, -0.2) is 0 Å². The van der Waals surface area contributed by atoms with E-state index in [2.05, 4.69) is 10.3 Å². The number of amides is 1. The Labute approximate surface area is 193 Å². The van der Waals surface area contributed by atoms with Crippen LogP contribution in [0.4, 0.5) is 0 Å². The van der Waals surface area contributed by atoms with Gasteiger partial charge in [0, 0.05) is 18.2 Å². The van der Waals surface area contributed by atoms with Gasteiger partial charge in [0.05, 0.1) is 12.1 Å². The second-order valence-corrected chi connectivity index (χ2v) is 7.94. The van der Waals surface area contributed by atoms with Gasteiger partial charge in [0.2, 0.25) is 5.91 Å². The summed E-state index contributed by atoms with van der Waals surface area (Å²) in [5, 5.41) is 21.1. The summed E-state index contributed by atoms with van der Waals surface area (Å²) in [7, 11) is 0. The first kappa shape index (κ1) is 23.5. The minimum absolute atomic E-state index is 0.000802. The van der Waals surface area contributed by atoms with Crippen molar-refractivity contribution in [2.24, 2.45) is 10.7 Å². The fourth-order valence-corrected chi connectivity index (χ4v) is 3.25. The monoisotopic (exact) mass is 443 g/mol. The first-order chi connectivity index (χ1) is 15.8. The molecule has 170 valence electrons. The average molecular weight is 444 g/mol. The number of nitrogens with two attached hydrogens (primary N) is 1. The summed E-state index contributed by atoms with van der Waals surface area (Å²) in [5.41, 5.74) is 9.59. The Morgan fingerprint density at radius 2 is 1.79 bits per heavy atom. The van der Waals surface area contributed by atoms with Crippen LogP contribution in [0.3, 0.4) is 0 Å². The number of hydrogen-bond donors (Lipinski definition) is 4. The molecule has 0 radical (unpaired) electrons. The summed E-state index contributed by atoms with van der Waals surface area (Å²) in [6.45, 7) is 4.17. The number of nitrogens with one attached hydrogen (secondary N) is 2. The van der Waals surface area contributed by atoms with Crippen molar-refractivity contribution in [3.05, 3.63) is 100 Å². The summed E-state index contributed by atoms with van der Waals surface area (Å²) in [6, 6.07) is 20.5. The van der Waals surface area contributed by atoms with Crippen LogP contribution in [-0.2, 0) is 17.8 Å². The first-order valence-corrected chi connectivity index (χ1v) is 10.7. The van der Waals surface area contributed by atoms with Gasteiger partial charge in [0.15, 0.2) is 5.49 Å². The molecule has 33 heavy (non-hydrogen) atoms. The van der Waals surface area contributed by atoms with Crippen molar-refractivity contribution >= 4 is 23.9 Å². The zero-order chi connectivity index (χ0) is 23.8. The number of carbonyl (C=O) groups is 1. The van der Waals surface area contributed by atoms with E-state index in [1.54, 1.807) is 18.2 Å². The van der Waals surface area contributed by atoms with Crippen molar-refractivity contribution < 1.29 is 10.0 Å². The molecule has 0 aliphatic carbocycles. The Bertz CT molecular complexity index is 1210. The lowest BCUT2D eigenvalue weighted by Crippen LogP contribution is -2.30. The molecule has 7 heteroatoms. The van der Waals surface area contributed by atoms with Crippen LogP contribution in [0, 0.1) is 5.41 Å². The van der Waals surface area contributed by atoms with Crippen LogP contribution in [-0.4, -0.2) is 27.7 Å². The third kappa shape index (κ3) is 6.67. The van der Waals surface area contributed by atoms with Crippen LogP contribution < -0.4 is 16.5 Å². The minimum Gasteiger partial charge on any atom is -0.427 e. The molecule has 0 aliphatic rings. The fourth-order valence-electron chi connectivity index (χ4n) is 3.25. The normalized spacial score (nSPS) is 11.8.